The zero-order valence-corrected chi connectivity index (χ0v) is 18.6. The number of aromatic nitrogens is 3. The molecule has 35 heavy (non-hydrogen) atoms. The number of anilines is 1. The molecule has 0 fully saturated rings. The van der Waals surface area contributed by atoms with Crippen LogP contribution in [0.1, 0.15) is 5.56 Å². The predicted molar refractivity (Wildman–Crippen MR) is 123 cm³/mol. The zero-order chi connectivity index (χ0) is 25.0. The number of alkyl halides is 3. The van der Waals surface area contributed by atoms with Gasteiger partial charge < -0.3 is 9.84 Å². The number of para-hydroxylation sites is 1. The summed E-state index contributed by atoms with van der Waals surface area (Å²) in [6, 6.07) is 15.0. The molecule has 2 aromatic carbocycles. The standard InChI is InChI=1S/C23H17F3N4O4S/c24-23(25,26)35-18-8-6-16(7-9-18)30-20(31)14-29(22(30)33)13-15-10-11-27-12-19(15)28-21(32)34-17-4-2-1-3-5-17/h1-12,14,31H,13H2,(H,28,32). The molecule has 0 atom stereocenters. The van der Waals surface area contributed by atoms with Crippen molar-refractivity contribution in [3.8, 4) is 17.3 Å². The fraction of sp³-hybridized carbons (Fsp3) is 0.0870. The number of nitrogens with zero attached hydrogens (tertiary/aromatic N) is 3. The Morgan fingerprint density at radius 1 is 1.09 bits per heavy atom. The van der Waals surface area contributed by atoms with Gasteiger partial charge in [-0.15, -0.1) is 0 Å². The summed E-state index contributed by atoms with van der Waals surface area (Å²) in [7, 11) is 0. The molecule has 2 heterocycles. The van der Waals surface area contributed by atoms with Crippen molar-refractivity contribution in [3.05, 3.63) is 95.3 Å². The van der Waals surface area contributed by atoms with E-state index in [0.717, 1.165) is 4.57 Å². The van der Waals surface area contributed by atoms with E-state index >= 15 is 0 Å². The molecule has 0 radical (unpaired) electrons. The van der Waals surface area contributed by atoms with Crippen LogP contribution < -0.4 is 15.7 Å². The molecule has 0 bridgehead atoms. The highest BCUT2D eigenvalue weighted by Gasteiger charge is 2.29. The Bertz CT molecular complexity index is 1390. The van der Waals surface area contributed by atoms with E-state index in [0.29, 0.717) is 17.0 Å². The van der Waals surface area contributed by atoms with Gasteiger partial charge in [-0.3, -0.25) is 14.9 Å². The number of benzene rings is 2. The van der Waals surface area contributed by atoms with Gasteiger partial charge in [-0.25, -0.2) is 14.2 Å². The number of nitrogens with one attached hydrogen (secondary N) is 1. The molecular formula is C23H17F3N4O4S. The lowest BCUT2D eigenvalue weighted by Gasteiger charge is -2.11. The van der Waals surface area contributed by atoms with Crippen molar-refractivity contribution in [2.75, 3.05) is 5.32 Å². The zero-order valence-electron chi connectivity index (χ0n) is 17.8. The van der Waals surface area contributed by atoms with Gasteiger partial charge in [0.2, 0.25) is 5.88 Å². The lowest BCUT2D eigenvalue weighted by Crippen LogP contribution is -2.24. The Kier molecular flexibility index (Phi) is 6.82. The molecule has 0 saturated heterocycles. The van der Waals surface area contributed by atoms with Gasteiger partial charge in [-0.05, 0) is 59.8 Å². The predicted octanol–water partition coefficient (Wildman–Crippen LogP) is 5.01. The molecule has 1 amide bonds. The second-order valence-electron chi connectivity index (χ2n) is 7.14. The van der Waals surface area contributed by atoms with Crippen molar-refractivity contribution >= 4 is 23.5 Å². The number of halogens is 3. The minimum absolute atomic E-state index is 0.0368. The average molecular weight is 502 g/mol. The van der Waals surface area contributed by atoms with Gasteiger partial charge in [0.1, 0.15) is 5.75 Å². The first-order valence-corrected chi connectivity index (χ1v) is 10.9. The first-order valence-electron chi connectivity index (χ1n) is 10.0. The topological polar surface area (TPSA) is 98.4 Å². The molecule has 180 valence electrons. The number of ether oxygens (including phenoxy) is 1. The van der Waals surface area contributed by atoms with E-state index in [-0.39, 0.29) is 28.9 Å². The minimum Gasteiger partial charge on any atom is -0.493 e. The molecule has 8 nitrogen and oxygen atoms in total. The third-order valence-electron chi connectivity index (χ3n) is 4.71. The second-order valence-corrected chi connectivity index (χ2v) is 8.27. The summed E-state index contributed by atoms with van der Waals surface area (Å²) in [6.45, 7) is -0.0368. The van der Waals surface area contributed by atoms with E-state index in [4.69, 9.17) is 4.74 Å². The van der Waals surface area contributed by atoms with E-state index in [1.54, 1.807) is 36.4 Å². The highest BCUT2D eigenvalue weighted by Crippen LogP contribution is 2.37. The van der Waals surface area contributed by atoms with Crippen LogP contribution in [0.3, 0.4) is 0 Å². The summed E-state index contributed by atoms with van der Waals surface area (Å²) >= 11 is -0.279. The molecule has 0 saturated carbocycles. The molecule has 4 aromatic rings. The SMILES string of the molecule is O=C(Nc1cnccc1Cn1cc(O)n(-c2ccc(SC(F)(F)F)cc2)c1=O)Oc1ccccc1. The van der Waals surface area contributed by atoms with Crippen LogP contribution in [0.2, 0.25) is 0 Å². The van der Waals surface area contributed by atoms with Crippen LogP contribution in [-0.2, 0) is 6.54 Å². The number of amides is 1. The summed E-state index contributed by atoms with van der Waals surface area (Å²) in [4.78, 5) is 29.1. The van der Waals surface area contributed by atoms with Gasteiger partial charge in [0, 0.05) is 11.1 Å². The maximum atomic E-state index is 12.9. The Morgan fingerprint density at radius 3 is 2.49 bits per heavy atom. The number of aromatic hydroxyl groups is 1. The van der Waals surface area contributed by atoms with Crippen LogP contribution in [0.15, 0.2) is 88.9 Å². The van der Waals surface area contributed by atoms with Crippen LogP contribution in [0.25, 0.3) is 5.69 Å². The number of pyridine rings is 1. The summed E-state index contributed by atoms with van der Waals surface area (Å²) < 4.78 is 45.0. The van der Waals surface area contributed by atoms with Crippen LogP contribution in [0.4, 0.5) is 23.7 Å². The number of thioether (sulfide) groups is 1. The van der Waals surface area contributed by atoms with Crippen LogP contribution in [0, 0.1) is 0 Å². The second kappa shape index (κ2) is 9.97. The third kappa shape index (κ3) is 6.03. The van der Waals surface area contributed by atoms with Crippen molar-refractivity contribution in [1.29, 1.82) is 0 Å². The normalized spacial score (nSPS) is 11.3. The molecule has 0 spiro atoms. The number of hydrogen-bond acceptors (Lipinski definition) is 6. The monoisotopic (exact) mass is 502 g/mol. The van der Waals surface area contributed by atoms with Crippen molar-refractivity contribution in [2.45, 2.75) is 16.9 Å². The first-order chi connectivity index (χ1) is 16.7. The average Bonchev–Trinajstić information content (AvgIpc) is 3.08. The number of carbonyl (C=O) groups excluding carboxylic acids is 1. The minimum atomic E-state index is -4.44. The van der Waals surface area contributed by atoms with Gasteiger partial charge in [-0.1, -0.05) is 18.2 Å². The van der Waals surface area contributed by atoms with Crippen LogP contribution >= 0.6 is 11.8 Å². The van der Waals surface area contributed by atoms with Crippen LogP contribution in [-0.4, -0.2) is 30.8 Å². The summed E-state index contributed by atoms with van der Waals surface area (Å²) in [6.07, 6.45) is 3.30. The largest absolute Gasteiger partial charge is 0.493 e. The van der Waals surface area contributed by atoms with Crippen molar-refractivity contribution in [2.24, 2.45) is 0 Å². The molecule has 0 unspecified atom stereocenters. The number of carbonyl (C=O) groups is 1. The maximum Gasteiger partial charge on any atom is 0.446 e. The summed E-state index contributed by atoms with van der Waals surface area (Å²) in [5.41, 5.74) is -4.08. The molecule has 0 aliphatic rings. The summed E-state index contributed by atoms with van der Waals surface area (Å²) in [5, 5.41) is 12.9. The van der Waals surface area contributed by atoms with E-state index in [1.165, 1.54) is 47.4 Å². The van der Waals surface area contributed by atoms with Gasteiger partial charge >= 0.3 is 17.3 Å². The van der Waals surface area contributed by atoms with Gasteiger partial charge in [0.25, 0.3) is 0 Å². The van der Waals surface area contributed by atoms with Gasteiger partial charge in [0.05, 0.1) is 30.3 Å². The number of imidazole rings is 1. The molecule has 4 rings (SSSR count). The molecule has 0 aliphatic heterocycles. The Morgan fingerprint density at radius 2 is 1.80 bits per heavy atom. The quantitative estimate of drug-likeness (QED) is 0.360. The Labute approximate surface area is 200 Å². The van der Waals surface area contributed by atoms with E-state index in [2.05, 4.69) is 10.3 Å². The molecule has 0 aliphatic carbocycles. The van der Waals surface area contributed by atoms with Gasteiger partial charge in [0.15, 0.2) is 0 Å². The fourth-order valence-electron chi connectivity index (χ4n) is 3.22. The van der Waals surface area contributed by atoms with Crippen molar-refractivity contribution in [1.82, 2.24) is 14.1 Å². The third-order valence-corrected chi connectivity index (χ3v) is 5.45. The van der Waals surface area contributed by atoms with Gasteiger partial charge in [-0.2, -0.15) is 13.2 Å². The maximum absolute atomic E-state index is 12.9. The first kappa shape index (κ1) is 24.0. The summed E-state index contributed by atoms with van der Waals surface area (Å²) in [5.74, 6) is -0.0633. The highest BCUT2D eigenvalue weighted by molar-refractivity contribution is 8.00. The van der Waals surface area contributed by atoms with E-state index in [1.807, 2.05) is 0 Å². The van der Waals surface area contributed by atoms with Crippen molar-refractivity contribution < 1.29 is 27.8 Å². The number of hydrogen-bond donors (Lipinski definition) is 2. The Balaban J connectivity index is 1.54. The lowest BCUT2D eigenvalue weighted by molar-refractivity contribution is -0.0328. The van der Waals surface area contributed by atoms with Crippen LogP contribution in [0.5, 0.6) is 11.6 Å². The molecule has 2 N–H and O–H groups in total. The fourth-order valence-corrected chi connectivity index (χ4v) is 3.76. The lowest BCUT2D eigenvalue weighted by atomic mass is 10.2. The van der Waals surface area contributed by atoms with E-state index in [9.17, 15) is 27.9 Å². The molecular weight excluding hydrogens is 485 g/mol. The molecule has 2 aromatic heterocycles. The smallest absolute Gasteiger partial charge is 0.446 e. The Hall–Kier alpha value is -4.19. The highest BCUT2D eigenvalue weighted by atomic mass is 32.2. The molecule has 12 heteroatoms. The van der Waals surface area contributed by atoms with E-state index < -0.39 is 23.2 Å². The number of rotatable bonds is 6. The van der Waals surface area contributed by atoms with Crippen molar-refractivity contribution in [3.63, 3.8) is 0 Å².